The summed E-state index contributed by atoms with van der Waals surface area (Å²) < 4.78 is 0. The highest BCUT2D eigenvalue weighted by atomic mass is 16.4. The Kier molecular flexibility index (Phi) is 10.9. The minimum Gasteiger partial charge on any atom is -0.550 e. The molecule has 0 unspecified atom stereocenters. The first-order valence-corrected chi connectivity index (χ1v) is 9.06. The fourth-order valence-electron chi connectivity index (χ4n) is 2.51. The van der Waals surface area contributed by atoms with E-state index in [1.807, 2.05) is 0 Å². The van der Waals surface area contributed by atoms with Gasteiger partial charge in [-0.1, -0.05) is 0 Å². The summed E-state index contributed by atoms with van der Waals surface area (Å²) in [5.74, 6) is -12.9. The summed E-state index contributed by atoms with van der Waals surface area (Å²) in [6.07, 6.45) is -6.20. The Labute approximate surface area is 184 Å². The first-order valence-electron chi connectivity index (χ1n) is 9.06. The molecule has 0 rings (SSSR count). The molecule has 0 bridgehead atoms. The molecule has 0 fully saturated rings. The van der Waals surface area contributed by atoms with Crippen LogP contribution in [-0.2, 0) is 33.6 Å². The van der Waals surface area contributed by atoms with Gasteiger partial charge in [-0.05, 0) is 12.8 Å². The average Bonchev–Trinajstić information content (AvgIpc) is 2.62. The maximum absolute atomic E-state index is 11.8. The van der Waals surface area contributed by atoms with Gasteiger partial charge in [-0.3, -0.25) is 9.59 Å². The van der Waals surface area contributed by atoms with Crippen molar-refractivity contribution in [2.75, 3.05) is 6.54 Å². The number of rotatable bonds is 16. The summed E-state index contributed by atoms with van der Waals surface area (Å²) in [5, 5.41) is 77.1. The second kappa shape index (κ2) is 12.3. The minimum atomic E-state index is -3.17. The van der Waals surface area contributed by atoms with Gasteiger partial charge in [0, 0.05) is 31.3 Å². The van der Waals surface area contributed by atoms with Gasteiger partial charge < -0.3 is 70.4 Å². The highest BCUT2D eigenvalue weighted by Gasteiger charge is 2.33. The van der Waals surface area contributed by atoms with Gasteiger partial charge in [0.05, 0.1) is 36.8 Å². The number of aliphatic hydroxyl groups is 2. The fraction of sp³-hybridized carbons (Fsp3) is 0.588. The highest BCUT2D eigenvalue weighted by Crippen LogP contribution is 2.15. The number of carboxylic acid groups (broad SMARTS) is 5. The zero-order valence-electron chi connectivity index (χ0n) is 16.8. The molecular weight excluding hydrogens is 456 g/mol. The normalized spacial score (nSPS) is 15.2. The van der Waals surface area contributed by atoms with Crippen LogP contribution in [0.4, 0.5) is 0 Å². The van der Waals surface area contributed by atoms with Gasteiger partial charge in [0.15, 0.2) is 0 Å². The largest absolute Gasteiger partial charge is 0.550 e. The van der Waals surface area contributed by atoms with E-state index in [0.717, 1.165) is 0 Å². The number of aliphatic carboxylic acids is 5. The van der Waals surface area contributed by atoms with Gasteiger partial charge >= 0.3 is 0 Å². The zero-order valence-corrected chi connectivity index (χ0v) is 16.8. The second-order valence-corrected chi connectivity index (χ2v) is 7.02. The number of carbonyl (C=O) groups excluding carboxylic acids is 7. The summed E-state index contributed by atoms with van der Waals surface area (Å²) in [6.45, 7) is -0.347. The average molecular weight is 475 g/mol. The molecule has 0 heterocycles. The van der Waals surface area contributed by atoms with Crippen LogP contribution in [0.15, 0.2) is 0 Å². The Morgan fingerprint density at radius 2 is 1.12 bits per heavy atom. The maximum Gasteiger partial charge on any atom is 0.223 e. The molecule has 0 aliphatic heterocycles. The smallest absolute Gasteiger partial charge is 0.223 e. The van der Waals surface area contributed by atoms with Crippen LogP contribution < -0.4 is 36.2 Å². The van der Waals surface area contributed by atoms with E-state index in [9.17, 15) is 69.3 Å². The summed E-state index contributed by atoms with van der Waals surface area (Å²) >= 11 is 0. The molecule has 3 atom stereocenters. The monoisotopic (exact) mass is 475 g/mol. The molecule has 0 aromatic rings. The quantitative estimate of drug-likeness (QED) is 0.151. The van der Waals surface area contributed by atoms with E-state index < -0.39 is 91.0 Å². The lowest BCUT2D eigenvalue weighted by Crippen LogP contribution is -2.55. The summed E-state index contributed by atoms with van der Waals surface area (Å²) in [6, 6.07) is -1.78. The molecule has 0 aliphatic rings. The van der Waals surface area contributed by atoms with E-state index in [4.69, 9.17) is 0 Å². The van der Waals surface area contributed by atoms with Crippen molar-refractivity contribution < 1.29 is 69.3 Å². The Morgan fingerprint density at radius 1 is 0.697 bits per heavy atom. The Bertz CT molecular complexity index is 812. The third-order valence-corrected chi connectivity index (χ3v) is 4.15. The molecule has 0 aliphatic carbocycles. The molecule has 186 valence electrons. The third-order valence-electron chi connectivity index (χ3n) is 4.15. The van der Waals surface area contributed by atoms with Gasteiger partial charge in [0.1, 0.15) is 11.2 Å². The van der Waals surface area contributed by atoms with Gasteiger partial charge in [-0.15, -0.1) is 0 Å². The number of nitrogens with one attached hydrogen (secondary N) is 2. The minimum absolute atomic E-state index is 0.210. The van der Waals surface area contributed by atoms with Gasteiger partial charge in [-0.25, -0.2) is 0 Å². The van der Waals surface area contributed by atoms with Crippen LogP contribution in [0.3, 0.4) is 0 Å². The van der Waals surface area contributed by atoms with E-state index in [0.29, 0.717) is 0 Å². The molecule has 0 saturated heterocycles. The lowest BCUT2D eigenvalue weighted by molar-refractivity contribution is -0.333. The number of carboxylic acids is 5. The molecule has 16 heteroatoms. The molecule has 33 heavy (non-hydrogen) atoms. The van der Waals surface area contributed by atoms with Crippen molar-refractivity contribution in [2.24, 2.45) is 0 Å². The van der Waals surface area contributed by atoms with Gasteiger partial charge in [0.2, 0.25) is 11.8 Å². The number of hydrogen-bond acceptors (Lipinski definition) is 14. The Balaban J connectivity index is 4.80. The maximum atomic E-state index is 11.8. The molecule has 2 amide bonds. The van der Waals surface area contributed by atoms with Crippen LogP contribution in [0.25, 0.3) is 0 Å². The molecule has 0 aromatic carbocycles. The van der Waals surface area contributed by atoms with Crippen molar-refractivity contribution in [3.63, 3.8) is 0 Å². The van der Waals surface area contributed by atoms with Crippen LogP contribution in [0.5, 0.6) is 0 Å². The van der Waals surface area contributed by atoms with Crippen LogP contribution in [-0.4, -0.2) is 75.7 Å². The van der Waals surface area contributed by atoms with Crippen molar-refractivity contribution >= 4 is 41.7 Å². The van der Waals surface area contributed by atoms with Gasteiger partial charge in [0.25, 0.3) is 0 Å². The number of amides is 2. The highest BCUT2D eigenvalue weighted by molar-refractivity contribution is 5.91. The van der Waals surface area contributed by atoms with Crippen LogP contribution in [0.2, 0.25) is 0 Å². The second-order valence-electron chi connectivity index (χ2n) is 7.02. The zero-order chi connectivity index (χ0) is 26.0. The topological polar surface area (TPSA) is 299 Å². The van der Waals surface area contributed by atoms with Gasteiger partial charge in [-0.2, -0.15) is 0 Å². The van der Waals surface area contributed by atoms with Crippen LogP contribution in [0, 0.1) is 0 Å². The Hall–Kier alpha value is -3.79. The van der Waals surface area contributed by atoms with Crippen molar-refractivity contribution in [2.45, 2.75) is 55.8 Å². The van der Waals surface area contributed by atoms with E-state index in [1.54, 1.807) is 5.32 Å². The first-order chi connectivity index (χ1) is 15.0. The van der Waals surface area contributed by atoms with Crippen LogP contribution >= 0.6 is 0 Å². The predicted molar refractivity (Wildman–Crippen MR) is 87.6 cm³/mol. The molecule has 0 saturated carbocycles. The van der Waals surface area contributed by atoms with E-state index >= 15 is 0 Å². The standard InChI is InChI=1S/C17H24N2O14/c20-9(4-16(32,14(28)29)6-11(22)23)18-3-1-2-8(13(26)27)19-10(21)5-17(33,15(30)31)7-12(24)25/h8,32-33H,1-7H2,(H,18,20)(H,19,21)(H,22,23)(H,24,25)(H,26,27)(H,28,29)(H,30,31)/p-5/t8-,16+,17-/m1/s1. The number of carbonyl (C=O) groups is 7. The fourth-order valence-corrected chi connectivity index (χ4v) is 2.51. The van der Waals surface area contributed by atoms with Crippen molar-refractivity contribution in [1.82, 2.24) is 10.6 Å². The molecule has 0 aromatic heterocycles. The molecule has 16 nitrogen and oxygen atoms in total. The SMILES string of the molecule is O=C([O-])C[C@@](O)(CC(=O)NCCC[C@@H](NC(=O)C[C@@](O)(CC(=O)[O-])C(=O)[O-])C(=O)[O-])C(=O)[O-]. The summed E-state index contributed by atoms with van der Waals surface area (Å²) in [4.78, 5) is 77.4. The Morgan fingerprint density at radius 3 is 1.48 bits per heavy atom. The lowest BCUT2D eigenvalue weighted by atomic mass is 9.95. The predicted octanol–water partition coefficient (Wildman–Crippen LogP) is -9.86. The van der Waals surface area contributed by atoms with Crippen molar-refractivity contribution in [3.8, 4) is 0 Å². The van der Waals surface area contributed by atoms with Crippen molar-refractivity contribution in [1.29, 1.82) is 0 Å². The molecular formula is C17H19N2O14-5. The van der Waals surface area contributed by atoms with E-state index in [2.05, 4.69) is 5.32 Å². The van der Waals surface area contributed by atoms with E-state index in [1.165, 1.54) is 0 Å². The summed E-state index contributed by atoms with van der Waals surface area (Å²) in [7, 11) is 0. The lowest BCUT2D eigenvalue weighted by Gasteiger charge is -2.30. The molecule has 0 spiro atoms. The first kappa shape index (κ1) is 29.2. The third kappa shape index (κ3) is 10.4. The summed E-state index contributed by atoms with van der Waals surface area (Å²) in [5.41, 5.74) is -6.22. The van der Waals surface area contributed by atoms with E-state index in [-0.39, 0.29) is 13.0 Å². The van der Waals surface area contributed by atoms with Crippen LogP contribution in [0.1, 0.15) is 38.5 Å². The molecule has 0 radical (unpaired) electrons. The number of hydrogen-bond donors (Lipinski definition) is 4. The molecule has 4 N–H and O–H groups in total. The van der Waals surface area contributed by atoms with Crippen molar-refractivity contribution in [3.05, 3.63) is 0 Å².